The second-order valence-corrected chi connectivity index (χ2v) is 7.54. The molecule has 1 atom stereocenters. The monoisotopic (exact) mass is 398 g/mol. The van der Waals surface area contributed by atoms with Crippen LogP contribution in [0.3, 0.4) is 0 Å². The van der Waals surface area contributed by atoms with Crippen molar-refractivity contribution in [3.63, 3.8) is 0 Å². The Labute approximate surface area is 169 Å². The normalized spacial score (nSPS) is 16.9. The minimum Gasteiger partial charge on any atom is -0.497 e. The minimum absolute atomic E-state index is 0.0115. The maximum Gasteiger partial charge on any atom is 0.260 e. The fourth-order valence-electron chi connectivity index (χ4n) is 3.70. The van der Waals surface area contributed by atoms with Gasteiger partial charge in [-0.15, -0.1) is 0 Å². The van der Waals surface area contributed by atoms with Crippen LogP contribution in [0.5, 0.6) is 11.5 Å². The molecule has 6 heteroatoms. The molecule has 1 amide bonds. The number of likely N-dealkylation sites (tertiary alicyclic amines) is 1. The number of piperidine rings is 1. The third-order valence-corrected chi connectivity index (χ3v) is 5.49. The van der Waals surface area contributed by atoms with Crippen LogP contribution >= 0.6 is 11.6 Å². The minimum atomic E-state index is 0.0115. The van der Waals surface area contributed by atoms with Gasteiger partial charge in [0.05, 0.1) is 7.11 Å². The Morgan fingerprint density at radius 2 is 1.96 bits per heavy atom. The molecule has 1 aromatic heterocycles. The second kappa shape index (κ2) is 8.15. The topological polar surface area (TPSA) is 54.6 Å². The molecule has 1 aliphatic heterocycles. The summed E-state index contributed by atoms with van der Waals surface area (Å²) in [6, 6.07) is 15.2. The predicted octanol–water partition coefficient (Wildman–Crippen LogP) is 4.61. The molecule has 146 valence electrons. The number of aromatic amines is 1. The summed E-state index contributed by atoms with van der Waals surface area (Å²) in [6.45, 7) is 1.51. The molecule has 0 bridgehead atoms. The van der Waals surface area contributed by atoms with Gasteiger partial charge < -0.3 is 19.4 Å². The maximum absolute atomic E-state index is 12.6. The summed E-state index contributed by atoms with van der Waals surface area (Å²) in [4.78, 5) is 18.0. The predicted molar refractivity (Wildman–Crippen MR) is 110 cm³/mol. The van der Waals surface area contributed by atoms with Crippen molar-refractivity contribution in [1.29, 1.82) is 0 Å². The van der Waals surface area contributed by atoms with Gasteiger partial charge in [-0.3, -0.25) is 4.79 Å². The van der Waals surface area contributed by atoms with E-state index in [1.165, 1.54) is 5.69 Å². The van der Waals surface area contributed by atoms with Crippen molar-refractivity contribution in [2.75, 3.05) is 26.8 Å². The molecule has 1 unspecified atom stereocenters. The van der Waals surface area contributed by atoms with E-state index in [-0.39, 0.29) is 12.5 Å². The highest BCUT2D eigenvalue weighted by Crippen LogP contribution is 2.30. The molecule has 3 aromatic rings. The van der Waals surface area contributed by atoms with Gasteiger partial charge in [0, 0.05) is 40.6 Å². The van der Waals surface area contributed by atoms with Crippen molar-refractivity contribution in [3.8, 4) is 11.5 Å². The van der Waals surface area contributed by atoms with E-state index >= 15 is 0 Å². The molecule has 2 heterocycles. The lowest BCUT2D eigenvalue weighted by Crippen LogP contribution is -2.41. The van der Waals surface area contributed by atoms with Crippen LogP contribution in [0.4, 0.5) is 0 Å². The molecular weight excluding hydrogens is 376 g/mol. The van der Waals surface area contributed by atoms with Crippen molar-refractivity contribution in [1.82, 2.24) is 9.88 Å². The molecule has 2 aromatic carbocycles. The lowest BCUT2D eigenvalue weighted by molar-refractivity contribution is -0.134. The van der Waals surface area contributed by atoms with Crippen LogP contribution < -0.4 is 9.47 Å². The zero-order chi connectivity index (χ0) is 19.5. The Balaban J connectivity index is 1.40. The summed E-state index contributed by atoms with van der Waals surface area (Å²) in [6.07, 6.45) is 2.04. The first kappa shape index (κ1) is 18.7. The number of methoxy groups -OCH3 is 1. The summed E-state index contributed by atoms with van der Waals surface area (Å²) in [5.74, 6) is 1.80. The quantitative estimate of drug-likeness (QED) is 0.682. The number of halogens is 1. The van der Waals surface area contributed by atoms with Crippen LogP contribution in [0.2, 0.25) is 5.02 Å². The van der Waals surface area contributed by atoms with Gasteiger partial charge in [-0.05, 0) is 61.4 Å². The van der Waals surface area contributed by atoms with E-state index in [2.05, 4.69) is 11.1 Å². The third kappa shape index (κ3) is 4.09. The Morgan fingerprint density at radius 1 is 1.18 bits per heavy atom. The van der Waals surface area contributed by atoms with Gasteiger partial charge in [-0.1, -0.05) is 11.6 Å². The van der Waals surface area contributed by atoms with E-state index in [0.717, 1.165) is 36.0 Å². The number of amides is 1. The number of fused-ring (bicyclic) bond motifs is 1. The molecular formula is C22H23ClN2O3. The molecule has 0 aliphatic carbocycles. The number of ether oxygens (including phenoxy) is 2. The lowest BCUT2D eigenvalue weighted by Gasteiger charge is -2.32. The molecule has 0 radical (unpaired) electrons. The molecule has 0 saturated carbocycles. The maximum atomic E-state index is 12.6. The van der Waals surface area contributed by atoms with Crippen LogP contribution in [0.1, 0.15) is 24.5 Å². The van der Waals surface area contributed by atoms with Crippen molar-refractivity contribution in [2.24, 2.45) is 0 Å². The Morgan fingerprint density at radius 3 is 2.75 bits per heavy atom. The van der Waals surface area contributed by atoms with Crippen molar-refractivity contribution < 1.29 is 14.3 Å². The highest BCUT2D eigenvalue weighted by molar-refractivity contribution is 6.30. The van der Waals surface area contributed by atoms with Crippen LogP contribution in [0.25, 0.3) is 10.9 Å². The van der Waals surface area contributed by atoms with Crippen LogP contribution in [-0.4, -0.2) is 42.6 Å². The smallest absolute Gasteiger partial charge is 0.260 e. The molecule has 5 nitrogen and oxygen atoms in total. The molecule has 0 spiro atoms. The van der Waals surface area contributed by atoms with E-state index in [9.17, 15) is 4.79 Å². The summed E-state index contributed by atoms with van der Waals surface area (Å²) in [5, 5.41) is 1.78. The fourth-order valence-corrected chi connectivity index (χ4v) is 3.83. The molecule has 1 N–H and O–H groups in total. The van der Waals surface area contributed by atoms with Crippen LogP contribution in [0.15, 0.2) is 48.5 Å². The number of H-pyrrole nitrogens is 1. The number of nitrogens with zero attached hydrogens (tertiary/aromatic N) is 1. The Bertz CT molecular complexity index is 968. The Hall–Kier alpha value is -2.66. The number of rotatable bonds is 5. The molecule has 28 heavy (non-hydrogen) atoms. The Kier molecular flexibility index (Phi) is 5.44. The van der Waals surface area contributed by atoms with Gasteiger partial charge in [0.25, 0.3) is 5.91 Å². The molecule has 1 fully saturated rings. The molecule has 1 saturated heterocycles. The van der Waals surface area contributed by atoms with Gasteiger partial charge in [0.1, 0.15) is 11.5 Å². The average Bonchev–Trinajstić information content (AvgIpc) is 3.16. The first-order valence-corrected chi connectivity index (χ1v) is 9.83. The zero-order valence-electron chi connectivity index (χ0n) is 15.8. The average molecular weight is 399 g/mol. The third-order valence-electron chi connectivity index (χ3n) is 5.24. The van der Waals surface area contributed by atoms with E-state index in [0.29, 0.717) is 23.2 Å². The summed E-state index contributed by atoms with van der Waals surface area (Å²) in [7, 11) is 1.67. The number of benzene rings is 2. The SMILES string of the molecule is COc1ccc2[nH]c(C3CCCN(C(=O)COc4ccc(Cl)cc4)C3)cc2c1. The van der Waals surface area contributed by atoms with E-state index in [1.807, 2.05) is 23.1 Å². The van der Waals surface area contributed by atoms with Crippen molar-refractivity contribution in [3.05, 3.63) is 59.2 Å². The van der Waals surface area contributed by atoms with Gasteiger partial charge >= 0.3 is 0 Å². The van der Waals surface area contributed by atoms with E-state index in [1.54, 1.807) is 31.4 Å². The standard InChI is InChI=1S/C22H23ClN2O3/c1-27-19-8-9-20-16(11-19)12-21(24-20)15-3-2-10-25(13-15)22(26)14-28-18-6-4-17(23)5-7-18/h4-9,11-12,15,24H,2-3,10,13-14H2,1H3. The number of carbonyl (C=O) groups is 1. The lowest BCUT2D eigenvalue weighted by atomic mass is 9.94. The summed E-state index contributed by atoms with van der Waals surface area (Å²) >= 11 is 5.88. The largest absolute Gasteiger partial charge is 0.497 e. The number of carbonyl (C=O) groups excluding carboxylic acids is 1. The molecule has 1 aliphatic rings. The second-order valence-electron chi connectivity index (χ2n) is 7.10. The zero-order valence-corrected chi connectivity index (χ0v) is 16.5. The van der Waals surface area contributed by atoms with Crippen molar-refractivity contribution in [2.45, 2.75) is 18.8 Å². The van der Waals surface area contributed by atoms with Crippen LogP contribution in [0, 0.1) is 0 Å². The number of aromatic nitrogens is 1. The first-order chi connectivity index (χ1) is 13.6. The highest BCUT2D eigenvalue weighted by Gasteiger charge is 2.26. The first-order valence-electron chi connectivity index (χ1n) is 9.45. The van der Waals surface area contributed by atoms with Gasteiger partial charge in [0.2, 0.25) is 0 Å². The van der Waals surface area contributed by atoms with E-state index in [4.69, 9.17) is 21.1 Å². The van der Waals surface area contributed by atoms with E-state index < -0.39 is 0 Å². The van der Waals surface area contributed by atoms with Gasteiger partial charge in [-0.25, -0.2) is 0 Å². The fraction of sp³-hybridized carbons (Fsp3) is 0.318. The van der Waals surface area contributed by atoms with Gasteiger partial charge in [-0.2, -0.15) is 0 Å². The summed E-state index contributed by atoms with van der Waals surface area (Å²) in [5.41, 5.74) is 2.25. The highest BCUT2D eigenvalue weighted by atomic mass is 35.5. The van der Waals surface area contributed by atoms with Crippen LogP contribution in [-0.2, 0) is 4.79 Å². The van der Waals surface area contributed by atoms with Gasteiger partial charge in [0.15, 0.2) is 6.61 Å². The number of hydrogen-bond acceptors (Lipinski definition) is 3. The summed E-state index contributed by atoms with van der Waals surface area (Å²) < 4.78 is 10.9. The van der Waals surface area contributed by atoms with Crippen molar-refractivity contribution >= 4 is 28.4 Å². The number of hydrogen-bond donors (Lipinski definition) is 1. The molecule has 4 rings (SSSR count). The number of nitrogens with one attached hydrogen (secondary N) is 1.